The van der Waals surface area contributed by atoms with Crippen LogP contribution in [0.4, 0.5) is 26.3 Å². The number of rotatable bonds is 50. The number of nitrogens with zero attached hydrogens (tertiary/aromatic N) is 10. The summed E-state index contributed by atoms with van der Waals surface area (Å²) in [7, 11) is 0. The van der Waals surface area contributed by atoms with Crippen molar-refractivity contribution in [3.05, 3.63) is 144 Å². The first kappa shape index (κ1) is 102. The topological polar surface area (TPSA) is 389 Å². The fourth-order valence-corrected chi connectivity index (χ4v) is 11.1. The minimum atomic E-state index is -1.96. The van der Waals surface area contributed by atoms with Crippen LogP contribution in [-0.2, 0) is 91.1 Å². The number of aromatic nitrogens is 10. The molecule has 0 aliphatic carbocycles. The number of aliphatic hydroxyl groups is 2. The number of esters is 6. The van der Waals surface area contributed by atoms with Gasteiger partial charge in [0.05, 0.1) is 56.1 Å². The molecule has 0 fully saturated rings. The maximum Gasteiger partial charge on any atom is 0.306 e. The van der Waals surface area contributed by atoms with Gasteiger partial charge in [-0.05, 0) is 44.2 Å². The third kappa shape index (κ3) is 40.7. The average Bonchev–Trinajstić information content (AvgIpc) is 1.00. The molecule has 6 aromatic rings. The van der Waals surface area contributed by atoms with Crippen molar-refractivity contribution >= 4 is 47.8 Å². The first-order chi connectivity index (χ1) is 53.6. The van der Waals surface area contributed by atoms with Gasteiger partial charge in [0.2, 0.25) is 0 Å². The second kappa shape index (κ2) is 58.1. The maximum atomic E-state index is 14.4. The van der Waals surface area contributed by atoms with Gasteiger partial charge in [0.25, 0.3) is 0 Å². The fourth-order valence-electron chi connectivity index (χ4n) is 11.1. The Morgan fingerprint density at radius 2 is 0.737 bits per heavy atom. The highest BCUT2D eigenvalue weighted by atomic mass is 19.2. The molecular formula is C80H115F6N10O18-. The Kier molecular flexibility index (Phi) is 52.0. The molecule has 4 aromatic heterocycles. The van der Waals surface area contributed by atoms with Crippen LogP contribution in [0.5, 0.6) is 0 Å². The van der Waals surface area contributed by atoms with Gasteiger partial charge in [0.15, 0.2) is 23.8 Å². The van der Waals surface area contributed by atoms with Crippen molar-refractivity contribution in [2.75, 3.05) is 26.4 Å². The summed E-state index contributed by atoms with van der Waals surface area (Å²) in [6.45, 7) is 10.0. The predicted molar refractivity (Wildman–Crippen MR) is 403 cm³/mol. The fraction of sp³-hybridized carbons (Fsp3) is 0.600. The molecule has 0 saturated carbocycles. The number of carboxylic acids is 2. The van der Waals surface area contributed by atoms with E-state index in [0.717, 1.165) is 178 Å². The van der Waals surface area contributed by atoms with Crippen molar-refractivity contribution < 1.29 is 114 Å². The average molecular weight is 1620 g/mol. The minimum absolute atomic E-state index is 0. The molecule has 0 spiro atoms. The Balaban J connectivity index is 0.000000758. The van der Waals surface area contributed by atoms with Gasteiger partial charge < -0.3 is 53.6 Å². The molecule has 0 bridgehead atoms. The van der Waals surface area contributed by atoms with E-state index in [9.17, 15) is 80.0 Å². The summed E-state index contributed by atoms with van der Waals surface area (Å²) >= 11 is 0. The van der Waals surface area contributed by atoms with Gasteiger partial charge in [0.1, 0.15) is 98.9 Å². The smallest absolute Gasteiger partial charge is 0.306 e. The third-order valence-corrected chi connectivity index (χ3v) is 17.5. The zero-order valence-corrected chi connectivity index (χ0v) is 64.6. The van der Waals surface area contributed by atoms with E-state index in [2.05, 4.69) is 67.8 Å². The van der Waals surface area contributed by atoms with Gasteiger partial charge >= 0.3 is 41.8 Å². The standard InChI is InChI=1S/2C23H40O8.2C16H14F3N5O.2CH4/c2*1-3-5-7-9-11-13-21(26)29-17-19(31-23(28)16-15-20(24)25)18-30-22(27)14-12-10-8-6-4-2;2*1-10(15-14(19)5-20-7-22-15)16(25,6-24-9-21-8-23-24)12-3-2-11(17)4-13(12)18;;/h2*19H,3-18H2,1-2H3,(H,24,25);2*2-5,7-10,25H,6H2,1H3;2*1H4/p-1/t;;2*10-,16+;;/m..00../s1. The Labute approximate surface area is 663 Å². The van der Waals surface area contributed by atoms with Gasteiger partial charge in [-0.25, -0.2) is 65.6 Å². The highest BCUT2D eigenvalue weighted by Crippen LogP contribution is 2.41. The largest absolute Gasteiger partial charge is 0.550 e. The predicted octanol–water partition coefficient (Wildman–Crippen LogP) is 13.4. The van der Waals surface area contributed by atoms with Crippen LogP contribution in [0.2, 0.25) is 0 Å². The Hall–Kier alpha value is -9.86. The van der Waals surface area contributed by atoms with Crippen molar-refractivity contribution in [1.29, 1.82) is 0 Å². The molecule has 4 heterocycles. The van der Waals surface area contributed by atoms with Crippen LogP contribution in [-0.4, -0.2) is 151 Å². The van der Waals surface area contributed by atoms with Gasteiger partial charge in [-0.1, -0.05) is 171 Å². The van der Waals surface area contributed by atoms with E-state index in [0.29, 0.717) is 12.1 Å². The van der Waals surface area contributed by atoms with Gasteiger partial charge in [-0.2, -0.15) is 10.2 Å². The van der Waals surface area contributed by atoms with E-state index in [-0.39, 0.29) is 122 Å². The monoisotopic (exact) mass is 1620 g/mol. The molecule has 0 aliphatic rings. The Morgan fingerprint density at radius 3 is 1.01 bits per heavy atom. The molecular weight excluding hydrogens is 1500 g/mol. The number of carbonyl (C=O) groups is 8. The number of hydrogen-bond acceptors (Lipinski definition) is 25. The summed E-state index contributed by atoms with van der Waals surface area (Å²) in [5.74, 6) is -12.5. The maximum absolute atomic E-state index is 14.4. The molecule has 34 heteroatoms. The Bertz CT molecular complexity index is 3440. The first-order valence-electron chi connectivity index (χ1n) is 37.9. The highest BCUT2D eigenvalue weighted by molar-refractivity contribution is 5.77. The number of carboxylic acid groups (broad SMARTS) is 2. The van der Waals surface area contributed by atoms with Crippen molar-refractivity contribution in [2.45, 2.75) is 285 Å². The number of aliphatic carboxylic acids is 2. The lowest BCUT2D eigenvalue weighted by atomic mass is 9.79. The van der Waals surface area contributed by atoms with Gasteiger partial charge in [-0.15, -0.1) is 0 Å². The lowest BCUT2D eigenvalue weighted by molar-refractivity contribution is -0.305. The van der Waals surface area contributed by atoms with Crippen molar-refractivity contribution in [1.82, 2.24) is 49.5 Å². The number of benzene rings is 2. The molecule has 636 valence electrons. The second-order valence-electron chi connectivity index (χ2n) is 26.6. The van der Waals surface area contributed by atoms with Gasteiger partial charge in [0, 0.05) is 66.7 Å². The van der Waals surface area contributed by atoms with E-state index >= 15 is 0 Å². The van der Waals surface area contributed by atoms with E-state index in [1.54, 1.807) is 0 Å². The van der Waals surface area contributed by atoms with E-state index in [1.165, 1.54) is 48.5 Å². The molecule has 0 unspecified atom stereocenters. The molecule has 0 radical (unpaired) electrons. The zero-order chi connectivity index (χ0) is 82.7. The summed E-state index contributed by atoms with van der Waals surface area (Å²) in [6, 6.07) is 5.60. The van der Waals surface area contributed by atoms with Gasteiger partial charge in [-0.3, -0.25) is 33.6 Å². The third-order valence-electron chi connectivity index (χ3n) is 17.5. The molecule has 0 aliphatic heterocycles. The second-order valence-corrected chi connectivity index (χ2v) is 26.6. The molecule has 114 heavy (non-hydrogen) atoms. The van der Waals surface area contributed by atoms with Crippen molar-refractivity contribution in [2.24, 2.45) is 0 Å². The first-order valence-corrected chi connectivity index (χ1v) is 37.9. The van der Waals surface area contributed by atoms with Crippen molar-refractivity contribution in [3.63, 3.8) is 0 Å². The number of halogens is 6. The van der Waals surface area contributed by atoms with Crippen LogP contribution in [0, 0.1) is 34.9 Å². The lowest BCUT2D eigenvalue weighted by Crippen LogP contribution is -2.39. The van der Waals surface area contributed by atoms with Crippen molar-refractivity contribution in [3.8, 4) is 0 Å². The van der Waals surface area contributed by atoms with E-state index in [1.807, 2.05) is 0 Å². The molecule has 28 nitrogen and oxygen atoms in total. The van der Waals surface area contributed by atoms with Crippen LogP contribution in [0.25, 0.3) is 0 Å². The number of unbranched alkanes of at least 4 members (excludes halogenated alkanes) is 16. The summed E-state index contributed by atoms with van der Waals surface area (Å²) < 4.78 is 117. The minimum Gasteiger partial charge on any atom is -0.550 e. The molecule has 0 amide bonds. The number of carbonyl (C=O) groups excluding carboxylic acids is 7. The lowest BCUT2D eigenvalue weighted by Gasteiger charge is -2.34. The summed E-state index contributed by atoms with van der Waals surface area (Å²) in [5, 5.41) is 49.5. The molecule has 4 atom stereocenters. The quantitative estimate of drug-likeness (QED) is 0.0138. The molecule has 0 saturated heterocycles. The van der Waals surface area contributed by atoms with Crippen LogP contribution in [0.3, 0.4) is 0 Å². The summed E-state index contributed by atoms with van der Waals surface area (Å²) in [4.78, 5) is 115. The summed E-state index contributed by atoms with van der Waals surface area (Å²) in [6.07, 6.45) is 27.0. The number of hydrogen-bond donors (Lipinski definition) is 3. The molecule has 3 N–H and O–H groups in total. The van der Waals surface area contributed by atoms with Crippen LogP contribution >= 0.6 is 0 Å². The van der Waals surface area contributed by atoms with Crippen LogP contribution < -0.4 is 5.11 Å². The van der Waals surface area contributed by atoms with Crippen LogP contribution in [0.15, 0.2) is 86.8 Å². The van der Waals surface area contributed by atoms with Crippen LogP contribution in [0.1, 0.15) is 271 Å². The summed E-state index contributed by atoms with van der Waals surface area (Å²) in [5.41, 5.74) is -4.51. The normalized spacial score (nSPS) is 12.4. The molecule has 2 aromatic carbocycles. The zero-order valence-electron chi connectivity index (χ0n) is 64.6. The van der Waals surface area contributed by atoms with E-state index < -0.39 is 124 Å². The van der Waals surface area contributed by atoms with E-state index in [4.69, 9.17) is 33.5 Å². The molecule has 6 rings (SSSR count). The highest BCUT2D eigenvalue weighted by Gasteiger charge is 2.43. The number of ether oxygens (including phenoxy) is 6. The SMILES string of the molecule is C.C.CCCCCCCC(=O)OCC(COC(=O)CCCCCCC)OC(=O)CCC(=O)O.CCCCCCCC(=O)OCC(COC(=O)CCCCCCC)OC(=O)CCC(=O)[O-].C[C@@H](c1ncncc1F)[C@](O)(Cn1cncn1)c1ccc(F)cc1F.C[C@@H](c1ncncc1F)[C@](O)(Cn1cncn1)c1ccc(F)cc1F. The Morgan fingerprint density at radius 1 is 0.421 bits per heavy atom.